The number of imidazole rings is 1. The maximum atomic E-state index is 12.7. The summed E-state index contributed by atoms with van der Waals surface area (Å²) in [6.07, 6.45) is 0. The molecule has 0 amide bonds. The zero-order valence-corrected chi connectivity index (χ0v) is 13.5. The SMILES string of the molecule is CCn1c(=O)c2c(nc(COC)n2CCN)n(C(C)C)c1=O. The molecule has 2 N–H and O–H groups in total. The van der Waals surface area contributed by atoms with Gasteiger partial charge in [-0.3, -0.25) is 13.9 Å². The number of fused-ring (bicyclic) bond motifs is 1. The molecule has 2 heterocycles. The molecule has 0 aliphatic carbocycles. The van der Waals surface area contributed by atoms with Crippen LogP contribution < -0.4 is 17.0 Å². The van der Waals surface area contributed by atoms with Crippen LogP contribution in [0.3, 0.4) is 0 Å². The summed E-state index contributed by atoms with van der Waals surface area (Å²) in [6.45, 7) is 6.95. The summed E-state index contributed by atoms with van der Waals surface area (Å²) in [5.74, 6) is 0.600. The monoisotopic (exact) mass is 309 g/mol. The van der Waals surface area contributed by atoms with Crippen molar-refractivity contribution in [3.05, 3.63) is 26.7 Å². The Morgan fingerprint density at radius 2 is 1.95 bits per heavy atom. The van der Waals surface area contributed by atoms with Crippen molar-refractivity contribution < 1.29 is 4.74 Å². The largest absolute Gasteiger partial charge is 0.377 e. The zero-order chi connectivity index (χ0) is 16.4. The van der Waals surface area contributed by atoms with Gasteiger partial charge in [0, 0.05) is 32.8 Å². The van der Waals surface area contributed by atoms with E-state index in [1.165, 1.54) is 4.57 Å². The number of hydrogen-bond acceptors (Lipinski definition) is 5. The van der Waals surface area contributed by atoms with Gasteiger partial charge in [-0.2, -0.15) is 0 Å². The van der Waals surface area contributed by atoms with Crippen molar-refractivity contribution in [1.82, 2.24) is 18.7 Å². The van der Waals surface area contributed by atoms with E-state index in [0.29, 0.717) is 36.6 Å². The fourth-order valence-electron chi connectivity index (χ4n) is 2.65. The van der Waals surface area contributed by atoms with E-state index in [0.717, 1.165) is 0 Å². The molecule has 2 aromatic heterocycles. The normalized spacial score (nSPS) is 11.7. The van der Waals surface area contributed by atoms with Gasteiger partial charge < -0.3 is 15.0 Å². The van der Waals surface area contributed by atoms with E-state index < -0.39 is 0 Å². The summed E-state index contributed by atoms with van der Waals surface area (Å²) in [7, 11) is 1.56. The molecule has 0 saturated carbocycles. The summed E-state index contributed by atoms with van der Waals surface area (Å²) < 4.78 is 9.68. The number of ether oxygens (including phenoxy) is 1. The molecule has 8 heteroatoms. The number of aromatic nitrogens is 4. The molecule has 8 nitrogen and oxygen atoms in total. The summed E-state index contributed by atoms with van der Waals surface area (Å²) >= 11 is 0. The van der Waals surface area contributed by atoms with Gasteiger partial charge in [-0.15, -0.1) is 0 Å². The number of nitrogens with two attached hydrogens (primary N) is 1. The Morgan fingerprint density at radius 3 is 2.45 bits per heavy atom. The molecule has 0 aliphatic heterocycles. The van der Waals surface area contributed by atoms with Gasteiger partial charge >= 0.3 is 5.69 Å². The lowest BCUT2D eigenvalue weighted by atomic mass is 10.3. The number of nitrogens with zero attached hydrogens (tertiary/aromatic N) is 4. The van der Waals surface area contributed by atoms with Crippen LogP contribution in [-0.4, -0.2) is 32.3 Å². The van der Waals surface area contributed by atoms with Crippen LogP contribution in [0.1, 0.15) is 32.6 Å². The minimum atomic E-state index is -0.337. The topological polar surface area (TPSA) is 97.1 Å². The fourth-order valence-corrected chi connectivity index (χ4v) is 2.65. The van der Waals surface area contributed by atoms with Crippen molar-refractivity contribution in [3.63, 3.8) is 0 Å². The molecule has 0 bridgehead atoms. The lowest BCUT2D eigenvalue weighted by molar-refractivity contribution is 0.174. The van der Waals surface area contributed by atoms with Crippen molar-refractivity contribution in [1.29, 1.82) is 0 Å². The van der Waals surface area contributed by atoms with Crippen molar-refractivity contribution in [2.75, 3.05) is 13.7 Å². The predicted molar refractivity (Wildman–Crippen MR) is 84.1 cm³/mol. The molecular formula is C14H23N5O3. The standard InChI is InChI=1S/C14H23N5O3/c1-5-17-13(20)11-12(19(9(2)3)14(17)21)16-10(8-22-4)18(11)7-6-15/h9H,5-8,15H2,1-4H3. The molecule has 0 fully saturated rings. The Hall–Kier alpha value is -1.93. The number of rotatable bonds is 6. The Morgan fingerprint density at radius 1 is 1.27 bits per heavy atom. The molecule has 0 unspecified atom stereocenters. The first-order valence-electron chi connectivity index (χ1n) is 7.41. The van der Waals surface area contributed by atoms with E-state index in [1.807, 2.05) is 13.8 Å². The molecule has 0 aromatic carbocycles. The third-order valence-electron chi connectivity index (χ3n) is 3.60. The van der Waals surface area contributed by atoms with Gasteiger partial charge in [-0.05, 0) is 20.8 Å². The first-order chi connectivity index (χ1) is 10.5. The van der Waals surface area contributed by atoms with E-state index in [-0.39, 0.29) is 23.9 Å². The molecule has 122 valence electrons. The van der Waals surface area contributed by atoms with Crippen LogP contribution in [-0.2, 0) is 24.4 Å². The third kappa shape index (κ3) is 2.48. The summed E-state index contributed by atoms with van der Waals surface area (Å²) in [5, 5.41) is 0. The Balaban J connectivity index is 2.99. The van der Waals surface area contributed by atoms with Crippen molar-refractivity contribution in [2.24, 2.45) is 5.73 Å². The second-order valence-electron chi connectivity index (χ2n) is 5.37. The molecule has 2 rings (SSSR count). The average molecular weight is 309 g/mol. The Bertz CT molecular complexity index is 784. The van der Waals surface area contributed by atoms with Gasteiger partial charge in [0.25, 0.3) is 5.56 Å². The zero-order valence-electron chi connectivity index (χ0n) is 13.5. The smallest absolute Gasteiger partial charge is 0.332 e. The highest BCUT2D eigenvalue weighted by Crippen LogP contribution is 2.15. The highest BCUT2D eigenvalue weighted by molar-refractivity contribution is 5.71. The minimum Gasteiger partial charge on any atom is -0.377 e. The highest BCUT2D eigenvalue weighted by Gasteiger charge is 2.21. The Kier molecular flexibility index (Phi) is 4.82. The maximum absolute atomic E-state index is 12.7. The number of methoxy groups -OCH3 is 1. The third-order valence-corrected chi connectivity index (χ3v) is 3.60. The van der Waals surface area contributed by atoms with Crippen molar-refractivity contribution in [3.8, 4) is 0 Å². The van der Waals surface area contributed by atoms with E-state index in [4.69, 9.17) is 10.5 Å². The first-order valence-corrected chi connectivity index (χ1v) is 7.41. The van der Waals surface area contributed by atoms with Gasteiger partial charge in [0.05, 0.1) is 0 Å². The quantitative estimate of drug-likeness (QED) is 0.814. The molecule has 0 atom stereocenters. The second-order valence-corrected chi connectivity index (χ2v) is 5.37. The van der Waals surface area contributed by atoms with E-state index in [1.54, 1.807) is 23.2 Å². The molecule has 0 saturated heterocycles. The van der Waals surface area contributed by atoms with Gasteiger partial charge in [0.15, 0.2) is 11.2 Å². The molecule has 22 heavy (non-hydrogen) atoms. The van der Waals surface area contributed by atoms with Crippen molar-refractivity contribution in [2.45, 2.75) is 46.5 Å². The van der Waals surface area contributed by atoms with Crippen LogP contribution in [0.15, 0.2) is 9.59 Å². The highest BCUT2D eigenvalue weighted by atomic mass is 16.5. The molecule has 2 aromatic rings. The molecule has 0 spiro atoms. The van der Waals surface area contributed by atoms with Crippen LogP contribution >= 0.6 is 0 Å². The van der Waals surface area contributed by atoms with Crippen LogP contribution in [0.5, 0.6) is 0 Å². The van der Waals surface area contributed by atoms with Gasteiger partial charge in [-0.25, -0.2) is 9.78 Å². The second kappa shape index (κ2) is 6.45. The summed E-state index contributed by atoms with van der Waals surface area (Å²) in [6, 6.07) is -0.106. The van der Waals surface area contributed by atoms with Gasteiger partial charge in [0.1, 0.15) is 12.4 Å². The molecule has 0 radical (unpaired) electrons. The molecular weight excluding hydrogens is 286 g/mol. The van der Waals surface area contributed by atoms with E-state index in [2.05, 4.69) is 4.98 Å². The lowest BCUT2D eigenvalue weighted by Crippen LogP contribution is -2.41. The van der Waals surface area contributed by atoms with E-state index >= 15 is 0 Å². The average Bonchev–Trinajstić information content (AvgIpc) is 2.78. The summed E-state index contributed by atoms with van der Waals surface area (Å²) in [4.78, 5) is 29.7. The van der Waals surface area contributed by atoms with Crippen LogP contribution in [0, 0.1) is 0 Å². The van der Waals surface area contributed by atoms with Crippen molar-refractivity contribution >= 4 is 11.2 Å². The van der Waals surface area contributed by atoms with E-state index in [9.17, 15) is 9.59 Å². The van der Waals surface area contributed by atoms with Gasteiger partial charge in [-0.1, -0.05) is 0 Å². The fraction of sp³-hybridized carbons (Fsp3) is 0.643. The minimum absolute atomic E-state index is 0.106. The van der Waals surface area contributed by atoms with Crippen LogP contribution in [0.2, 0.25) is 0 Å². The maximum Gasteiger partial charge on any atom is 0.332 e. The first kappa shape index (κ1) is 16.4. The lowest BCUT2D eigenvalue weighted by Gasteiger charge is -2.14. The Labute approximate surface area is 128 Å². The van der Waals surface area contributed by atoms with Gasteiger partial charge in [0.2, 0.25) is 0 Å². The number of hydrogen-bond donors (Lipinski definition) is 1. The molecule has 0 aliphatic rings. The predicted octanol–water partition coefficient (Wildman–Crippen LogP) is 0.0656. The van der Waals surface area contributed by atoms with Crippen LogP contribution in [0.25, 0.3) is 11.2 Å². The van der Waals surface area contributed by atoms with Crippen LogP contribution in [0.4, 0.5) is 0 Å². The summed E-state index contributed by atoms with van der Waals surface area (Å²) in [5.41, 5.74) is 5.80.